The van der Waals surface area contributed by atoms with E-state index >= 15 is 0 Å². The molecule has 0 saturated heterocycles. The van der Waals surface area contributed by atoms with Crippen molar-refractivity contribution < 1.29 is 0 Å². The Morgan fingerprint density at radius 1 is 1.46 bits per heavy atom. The fourth-order valence-corrected chi connectivity index (χ4v) is 2.18. The molecule has 1 aromatic carbocycles. The van der Waals surface area contributed by atoms with Gasteiger partial charge in [-0.05, 0) is 30.5 Å². The van der Waals surface area contributed by atoms with Crippen molar-refractivity contribution >= 4 is 11.6 Å². The van der Waals surface area contributed by atoms with E-state index in [4.69, 9.17) is 17.3 Å². The van der Waals surface area contributed by atoms with Crippen LogP contribution in [0.2, 0.25) is 5.02 Å². The van der Waals surface area contributed by atoms with Crippen molar-refractivity contribution in [1.29, 1.82) is 0 Å². The van der Waals surface area contributed by atoms with Crippen molar-refractivity contribution in [3.63, 3.8) is 0 Å². The van der Waals surface area contributed by atoms with Gasteiger partial charge in [0.05, 0.1) is 0 Å². The highest BCUT2D eigenvalue weighted by molar-refractivity contribution is 6.30. The fourth-order valence-electron chi connectivity index (χ4n) is 2.06. The van der Waals surface area contributed by atoms with Crippen LogP contribution in [-0.2, 0) is 5.41 Å². The second-order valence-electron chi connectivity index (χ2n) is 3.83. The van der Waals surface area contributed by atoms with Gasteiger partial charge in [-0.15, -0.1) is 0 Å². The minimum atomic E-state index is 0.255. The minimum absolute atomic E-state index is 0.255. The Morgan fingerprint density at radius 3 is 2.38 bits per heavy atom. The van der Waals surface area contributed by atoms with Crippen LogP contribution >= 0.6 is 11.6 Å². The average Bonchev–Trinajstić information content (AvgIpc) is 2.79. The third-order valence-electron chi connectivity index (χ3n) is 3.18. The summed E-state index contributed by atoms with van der Waals surface area (Å²) in [7, 11) is 0. The molecule has 0 radical (unpaired) electrons. The summed E-state index contributed by atoms with van der Waals surface area (Å²) in [6.07, 6.45) is 2.24. The SMILES string of the molecule is CCC1(c2ccc(Cl)cc2)C[C@H]1N. The van der Waals surface area contributed by atoms with Crippen LogP contribution in [-0.4, -0.2) is 6.04 Å². The standard InChI is InChI=1S/C11H14ClN/c1-2-11(7-10(11)13)8-3-5-9(12)6-4-8/h3-6,10H,2,7,13H2,1H3/t10-,11?/m1/s1. The summed E-state index contributed by atoms with van der Waals surface area (Å²) in [5, 5.41) is 0.796. The molecule has 0 aliphatic heterocycles. The highest BCUT2D eigenvalue weighted by atomic mass is 35.5. The topological polar surface area (TPSA) is 26.0 Å². The Labute approximate surface area is 83.9 Å². The van der Waals surface area contributed by atoms with Crippen molar-refractivity contribution in [1.82, 2.24) is 0 Å². The van der Waals surface area contributed by atoms with Crippen LogP contribution in [0.25, 0.3) is 0 Å². The zero-order chi connectivity index (χ0) is 9.47. The predicted molar refractivity (Wildman–Crippen MR) is 56.0 cm³/mol. The molecular weight excluding hydrogens is 182 g/mol. The summed E-state index contributed by atoms with van der Waals surface area (Å²) in [4.78, 5) is 0. The molecule has 0 bridgehead atoms. The summed E-state index contributed by atoms with van der Waals surface area (Å²) in [5.41, 5.74) is 7.54. The maximum absolute atomic E-state index is 5.95. The van der Waals surface area contributed by atoms with Gasteiger partial charge in [0.15, 0.2) is 0 Å². The van der Waals surface area contributed by atoms with Crippen molar-refractivity contribution in [3.05, 3.63) is 34.9 Å². The van der Waals surface area contributed by atoms with Gasteiger partial charge in [-0.2, -0.15) is 0 Å². The molecule has 0 aromatic heterocycles. The van der Waals surface area contributed by atoms with Crippen LogP contribution in [0.4, 0.5) is 0 Å². The zero-order valence-electron chi connectivity index (χ0n) is 7.76. The molecule has 70 valence electrons. The molecule has 1 saturated carbocycles. The summed E-state index contributed by atoms with van der Waals surface area (Å²) >= 11 is 5.83. The molecule has 1 nitrogen and oxygen atoms in total. The van der Waals surface area contributed by atoms with Gasteiger partial charge in [0.2, 0.25) is 0 Å². The van der Waals surface area contributed by atoms with E-state index in [1.165, 1.54) is 5.56 Å². The van der Waals surface area contributed by atoms with Gasteiger partial charge in [-0.3, -0.25) is 0 Å². The molecule has 1 unspecified atom stereocenters. The highest BCUT2D eigenvalue weighted by Crippen LogP contribution is 2.49. The van der Waals surface area contributed by atoms with Crippen molar-refractivity contribution in [3.8, 4) is 0 Å². The normalized spacial score (nSPS) is 31.8. The fraction of sp³-hybridized carbons (Fsp3) is 0.455. The van der Waals surface area contributed by atoms with Crippen molar-refractivity contribution in [2.24, 2.45) is 5.73 Å². The van der Waals surface area contributed by atoms with E-state index < -0.39 is 0 Å². The quantitative estimate of drug-likeness (QED) is 0.772. The van der Waals surface area contributed by atoms with Crippen molar-refractivity contribution in [2.45, 2.75) is 31.2 Å². The number of hydrogen-bond acceptors (Lipinski definition) is 1. The smallest absolute Gasteiger partial charge is 0.0406 e. The first-order valence-electron chi connectivity index (χ1n) is 4.70. The molecule has 13 heavy (non-hydrogen) atoms. The number of hydrogen-bond donors (Lipinski definition) is 1. The van der Waals surface area contributed by atoms with Gasteiger partial charge >= 0.3 is 0 Å². The molecule has 1 aromatic rings. The van der Waals surface area contributed by atoms with Crippen LogP contribution in [0.1, 0.15) is 25.3 Å². The van der Waals surface area contributed by atoms with Gasteiger partial charge in [0, 0.05) is 16.5 Å². The molecule has 2 heteroatoms. The molecule has 0 spiro atoms. The van der Waals surface area contributed by atoms with Crippen LogP contribution in [0, 0.1) is 0 Å². The Morgan fingerprint density at radius 2 is 2.00 bits per heavy atom. The first-order valence-corrected chi connectivity index (χ1v) is 5.08. The van der Waals surface area contributed by atoms with Gasteiger partial charge in [0.1, 0.15) is 0 Å². The van der Waals surface area contributed by atoms with Gasteiger partial charge in [0.25, 0.3) is 0 Å². The maximum atomic E-state index is 5.95. The number of benzene rings is 1. The van der Waals surface area contributed by atoms with Crippen LogP contribution in [0.5, 0.6) is 0 Å². The molecule has 0 heterocycles. The Kier molecular flexibility index (Phi) is 2.09. The van der Waals surface area contributed by atoms with E-state index in [0.29, 0.717) is 6.04 Å². The average molecular weight is 196 g/mol. The minimum Gasteiger partial charge on any atom is -0.327 e. The number of rotatable bonds is 2. The molecule has 1 fully saturated rings. The largest absolute Gasteiger partial charge is 0.327 e. The van der Waals surface area contributed by atoms with E-state index in [9.17, 15) is 0 Å². The lowest BCUT2D eigenvalue weighted by Gasteiger charge is -2.13. The van der Waals surface area contributed by atoms with Gasteiger partial charge < -0.3 is 5.73 Å². The molecule has 1 aliphatic carbocycles. The third kappa shape index (κ3) is 1.36. The van der Waals surface area contributed by atoms with E-state index in [1.807, 2.05) is 12.1 Å². The van der Waals surface area contributed by atoms with E-state index in [2.05, 4.69) is 19.1 Å². The predicted octanol–water partition coefficient (Wildman–Crippen LogP) is 2.72. The van der Waals surface area contributed by atoms with Crippen LogP contribution in [0.3, 0.4) is 0 Å². The Balaban J connectivity index is 2.31. The molecule has 2 atom stereocenters. The second kappa shape index (κ2) is 3.00. The van der Waals surface area contributed by atoms with E-state index in [-0.39, 0.29) is 5.41 Å². The number of halogens is 1. The summed E-state index contributed by atoms with van der Waals surface area (Å²) in [6, 6.07) is 8.43. The number of nitrogens with two attached hydrogens (primary N) is 1. The molecule has 2 rings (SSSR count). The van der Waals surface area contributed by atoms with Gasteiger partial charge in [-0.25, -0.2) is 0 Å². The molecular formula is C11H14ClN. The zero-order valence-corrected chi connectivity index (χ0v) is 8.51. The monoisotopic (exact) mass is 195 g/mol. The third-order valence-corrected chi connectivity index (χ3v) is 3.44. The second-order valence-corrected chi connectivity index (χ2v) is 4.26. The highest BCUT2D eigenvalue weighted by Gasteiger charge is 2.51. The van der Waals surface area contributed by atoms with E-state index in [0.717, 1.165) is 17.9 Å². The van der Waals surface area contributed by atoms with Gasteiger partial charge in [-0.1, -0.05) is 30.7 Å². The molecule has 2 N–H and O–H groups in total. The van der Waals surface area contributed by atoms with Crippen LogP contribution in [0.15, 0.2) is 24.3 Å². The molecule has 1 aliphatic rings. The summed E-state index contributed by atoms with van der Waals surface area (Å²) in [5.74, 6) is 0. The summed E-state index contributed by atoms with van der Waals surface area (Å²) in [6.45, 7) is 2.20. The lowest BCUT2D eigenvalue weighted by Crippen LogP contribution is -2.17. The lowest BCUT2D eigenvalue weighted by molar-refractivity contribution is 0.635. The van der Waals surface area contributed by atoms with Crippen LogP contribution < -0.4 is 5.73 Å². The lowest BCUT2D eigenvalue weighted by atomic mass is 9.92. The molecule has 0 amide bonds. The summed E-state index contributed by atoms with van der Waals surface area (Å²) < 4.78 is 0. The Bertz CT molecular complexity index is 302. The van der Waals surface area contributed by atoms with Crippen molar-refractivity contribution in [2.75, 3.05) is 0 Å². The maximum Gasteiger partial charge on any atom is 0.0406 e. The first-order chi connectivity index (χ1) is 6.19. The first kappa shape index (κ1) is 9.04. The Hall–Kier alpha value is -0.530. The van der Waals surface area contributed by atoms with E-state index in [1.54, 1.807) is 0 Å².